The lowest BCUT2D eigenvalue weighted by Gasteiger charge is -2.24. The molecule has 0 spiro atoms. The van der Waals surface area contributed by atoms with Crippen molar-refractivity contribution in [1.82, 2.24) is 5.32 Å². The number of rotatable bonds is 8. The predicted molar refractivity (Wildman–Crippen MR) is 104 cm³/mol. The first-order valence-corrected chi connectivity index (χ1v) is 8.92. The molecule has 25 heavy (non-hydrogen) atoms. The number of hydrogen-bond donors (Lipinski definition) is 2. The van der Waals surface area contributed by atoms with Crippen LogP contribution in [-0.4, -0.2) is 19.0 Å². The number of benzene rings is 1. The molecule has 1 aliphatic carbocycles. The molecule has 2 rings (SSSR count). The summed E-state index contributed by atoms with van der Waals surface area (Å²) in [6.45, 7) is 4.79. The lowest BCUT2D eigenvalue weighted by molar-refractivity contribution is -0.124. The van der Waals surface area contributed by atoms with Gasteiger partial charge in [-0.25, -0.2) is 0 Å². The smallest absolute Gasteiger partial charge is 0.140 e. The van der Waals surface area contributed by atoms with E-state index in [1.807, 2.05) is 7.05 Å². The van der Waals surface area contributed by atoms with E-state index in [-0.39, 0.29) is 11.7 Å². The number of carbonyl (C=O) groups excluding carboxylic acids is 1. The summed E-state index contributed by atoms with van der Waals surface area (Å²) in [5.74, 6) is 0.490. The van der Waals surface area contributed by atoms with Gasteiger partial charge in [-0.3, -0.25) is 9.79 Å². The number of aryl methyl sites for hydroxylation is 2. The Balaban J connectivity index is 2.09. The van der Waals surface area contributed by atoms with Gasteiger partial charge in [-0.1, -0.05) is 24.6 Å². The highest BCUT2D eigenvalue weighted by molar-refractivity contribution is 5.92. The van der Waals surface area contributed by atoms with Crippen molar-refractivity contribution in [2.45, 2.75) is 46.1 Å². The summed E-state index contributed by atoms with van der Waals surface area (Å²) >= 11 is 0. The van der Waals surface area contributed by atoms with Gasteiger partial charge in [0.2, 0.25) is 0 Å². The molecule has 0 saturated heterocycles. The molecule has 1 aromatic carbocycles. The Kier molecular flexibility index (Phi) is 6.99. The normalized spacial score (nSPS) is 16.1. The predicted octanol–water partition coefficient (Wildman–Crippen LogP) is 3.58. The number of carbonyl (C=O) groups is 1. The quantitative estimate of drug-likeness (QED) is 0.562. The van der Waals surface area contributed by atoms with Gasteiger partial charge >= 0.3 is 0 Å². The third-order valence-corrected chi connectivity index (χ3v) is 4.82. The van der Waals surface area contributed by atoms with Crippen LogP contribution in [0.25, 0.3) is 0 Å². The van der Waals surface area contributed by atoms with Gasteiger partial charge in [0.15, 0.2) is 0 Å². The summed E-state index contributed by atoms with van der Waals surface area (Å²) in [5, 5.41) is 2.92. The zero-order valence-electron chi connectivity index (χ0n) is 15.5. The standard InChI is InChI=1S/C21H29N3O/c1-15-7-8-17(11-16(15)2)13-24-14-19(20(22)9-10-23-3)12-21(25)18-5-4-6-18/h7-11,14,18,23H,4-6,12-13,22H2,1-3H3/b10-9-,20-19?,24-14?. The second-order valence-corrected chi connectivity index (χ2v) is 6.76. The van der Waals surface area contributed by atoms with E-state index in [4.69, 9.17) is 5.73 Å². The molecular formula is C21H29N3O. The molecule has 4 heteroatoms. The highest BCUT2D eigenvalue weighted by Crippen LogP contribution is 2.29. The minimum Gasteiger partial charge on any atom is -0.398 e. The molecule has 0 heterocycles. The maximum absolute atomic E-state index is 12.3. The highest BCUT2D eigenvalue weighted by Gasteiger charge is 2.25. The molecule has 4 nitrogen and oxygen atoms in total. The summed E-state index contributed by atoms with van der Waals surface area (Å²) in [6.07, 6.45) is 8.86. The van der Waals surface area contributed by atoms with Crippen LogP contribution in [0.4, 0.5) is 0 Å². The first-order chi connectivity index (χ1) is 12.0. The Morgan fingerprint density at radius 2 is 2.08 bits per heavy atom. The van der Waals surface area contributed by atoms with Gasteiger partial charge in [0.05, 0.1) is 6.54 Å². The van der Waals surface area contributed by atoms with Crippen molar-refractivity contribution in [3.8, 4) is 0 Å². The Hall–Kier alpha value is -2.36. The van der Waals surface area contributed by atoms with Gasteiger partial charge in [-0.05, 0) is 55.7 Å². The minimum atomic E-state index is 0.212. The van der Waals surface area contributed by atoms with Crippen LogP contribution in [0.15, 0.2) is 46.7 Å². The average molecular weight is 339 g/mol. The number of nitrogens with two attached hydrogens (primary N) is 1. The first-order valence-electron chi connectivity index (χ1n) is 8.92. The van der Waals surface area contributed by atoms with Crippen molar-refractivity contribution < 1.29 is 4.79 Å². The van der Waals surface area contributed by atoms with E-state index < -0.39 is 0 Å². The Labute approximate surface area is 150 Å². The molecule has 0 aromatic heterocycles. The van der Waals surface area contributed by atoms with E-state index in [0.29, 0.717) is 18.7 Å². The lowest BCUT2D eigenvalue weighted by Crippen LogP contribution is -2.23. The topological polar surface area (TPSA) is 67.5 Å². The zero-order chi connectivity index (χ0) is 18.2. The molecule has 0 aliphatic heterocycles. The van der Waals surface area contributed by atoms with Crippen LogP contribution >= 0.6 is 0 Å². The number of ketones is 1. The molecule has 0 radical (unpaired) electrons. The van der Waals surface area contributed by atoms with Crippen LogP contribution < -0.4 is 11.1 Å². The zero-order valence-corrected chi connectivity index (χ0v) is 15.5. The second-order valence-electron chi connectivity index (χ2n) is 6.76. The van der Waals surface area contributed by atoms with Gasteiger partial charge in [-0.2, -0.15) is 0 Å². The maximum atomic E-state index is 12.3. The molecule has 3 N–H and O–H groups in total. The third kappa shape index (κ3) is 5.59. The minimum absolute atomic E-state index is 0.212. The van der Waals surface area contributed by atoms with Gasteiger partial charge < -0.3 is 11.1 Å². The Morgan fingerprint density at radius 3 is 2.68 bits per heavy atom. The average Bonchev–Trinajstić information content (AvgIpc) is 2.53. The molecular weight excluding hydrogens is 310 g/mol. The number of aliphatic imine (C=N–C) groups is 1. The number of nitrogens with one attached hydrogen (secondary N) is 1. The van der Waals surface area contributed by atoms with Crippen molar-refractivity contribution in [3.63, 3.8) is 0 Å². The second kappa shape index (κ2) is 9.21. The molecule has 0 unspecified atom stereocenters. The fourth-order valence-electron chi connectivity index (χ4n) is 2.73. The van der Waals surface area contributed by atoms with Crippen molar-refractivity contribution in [3.05, 3.63) is 58.4 Å². The van der Waals surface area contributed by atoms with E-state index in [9.17, 15) is 4.79 Å². The van der Waals surface area contributed by atoms with E-state index in [2.05, 4.69) is 42.4 Å². The van der Waals surface area contributed by atoms with Gasteiger partial charge in [0.25, 0.3) is 0 Å². The number of allylic oxidation sites excluding steroid dienone is 2. The number of hydrogen-bond acceptors (Lipinski definition) is 4. The molecule has 1 saturated carbocycles. The van der Waals surface area contributed by atoms with E-state index in [1.54, 1.807) is 18.5 Å². The van der Waals surface area contributed by atoms with Crippen molar-refractivity contribution >= 4 is 12.0 Å². The summed E-state index contributed by atoms with van der Waals surface area (Å²) in [6, 6.07) is 6.35. The molecule has 1 aromatic rings. The maximum Gasteiger partial charge on any atom is 0.140 e. The summed E-state index contributed by atoms with van der Waals surface area (Å²) in [5.41, 5.74) is 11.2. The summed E-state index contributed by atoms with van der Waals surface area (Å²) < 4.78 is 0. The van der Waals surface area contributed by atoms with Crippen LogP contribution in [0, 0.1) is 19.8 Å². The fraction of sp³-hybridized carbons (Fsp3) is 0.429. The molecule has 0 atom stereocenters. The van der Waals surface area contributed by atoms with Crippen LogP contribution in [-0.2, 0) is 11.3 Å². The summed E-state index contributed by atoms with van der Waals surface area (Å²) in [7, 11) is 1.82. The van der Waals surface area contributed by atoms with Crippen molar-refractivity contribution in [2.75, 3.05) is 7.05 Å². The van der Waals surface area contributed by atoms with Crippen molar-refractivity contribution in [1.29, 1.82) is 0 Å². The van der Waals surface area contributed by atoms with Crippen LogP contribution in [0.3, 0.4) is 0 Å². The van der Waals surface area contributed by atoms with E-state index in [0.717, 1.165) is 30.4 Å². The number of Topliss-reactive ketones (excluding diaryl/α,β-unsaturated/α-hetero) is 1. The summed E-state index contributed by atoms with van der Waals surface area (Å²) in [4.78, 5) is 16.9. The first kappa shape index (κ1) is 19.0. The largest absolute Gasteiger partial charge is 0.398 e. The lowest BCUT2D eigenvalue weighted by atomic mass is 9.80. The number of nitrogens with zero attached hydrogens (tertiary/aromatic N) is 1. The Bertz CT molecular complexity index is 697. The monoisotopic (exact) mass is 339 g/mol. The molecule has 134 valence electrons. The van der Waals surface area contributed by atoms with Crippen molar-refractivity contribution in [2.24, 2.45) is 16.6 Å². The van der Waals surface area contributed by atoms with Crippen LogP contribution in [0.1, 0.15) is 42.4 Å². The van der Waals surface area contributed by atoms with E-state index in [1.165, 1.54) is 11.1 Å². The molecule has 1 fully saturated rings. The van der Waals surface area contributed by atoms with Gasteiger partial charge in [-0.15, -0.1) is 0 Å². The van der Waals surface area contributed by atoms with Gasteiger partial charge in [0.1, 0.15) is 5.78 Å². The third-order valence-electron chi connectivity index (χ3n) is 4.82. The van der Waals surface area contributed by atoms with E-state index >= 15 is 0 Å². The molecule has 1 aliphatic rings. The fourth-order valence-corrected chi connectivity index (χ4v) is 2.73. The van der Waals surface area contributed by atoms with Crippen LogP contribution in [0.2, 0.25) is 0 Å². The van der Waals surface area contributed by atoms with Crippen LogP contribution in [0.5, 0.6) is 0 Å². The molecule has 0 amide bonds. The highest BCUT2D eigenvalue weighted by atomic mass is 16.1. The van der Waals surface area contributed by atoms with Gasteiger partial charge in [0, 0.05) is 36.9 Å². The Morgan fingerprint density at radius 1 is 1.32 bits per heavy atom. The SMILES string of the molecule is CN/C=C\C(N)=C(C=NCc1ccc(C)c(C)c1)CC(=O)C1CCC1. The molecule has 0 bridgehead atoms.